The van der Waals surface area contributed by atoms with Crippen LogP contribution in [0, 0.1) is 29.3 Å². The van der Waals surface area contributed by atoms with Crippen LogP contribution in [0.4, 0.5) is 13.2 Å². The summed E-state index contributed by atoms with van der Waals surface area (Å²) < 4.78 is 72.6. The van der Waals surface area contributed by atoms with Crippen molar-refractivity contribution in [2.45, 2.75) is 24.2 Å². The van der Waals surface area contributed by atoms with Gasteiger partial charge in [0.1, 0.15) is 17.5 Å². The van der Waals surface area contributed by atoms with Crippen LogP contribution in [0.1, 0.15) is 19.3 Å². The fourth-order valence-corrected chi connectivity index (χ4v) is 4.70. The van der Waals surface area contributed by atoms with Crippen molar-refractivity contribution >= 4 is 10.0 Å². The van der Waals surface area contributed by atoms with Crippen LogP contribution in [0.5, 0.6) is 0 Å². The molecule has 8 heteroatoms. The Bertz CT molecular complexity index is 668. The van der Waals surface area contributed by atoms with Crippen molar-refractivity contribution in [2.75, 3.05) is 26.3 Å². The van der Waals surface area contributed by atoms with Crippen LogP contribution < -0.4 is 0 Å². The van der Waals surface area contributed by atoms with E-state index in [1.54, 1.807) is 0 Å². The minimum Gasteiger partial charge on any atom is -0.380 e. The molecule has 2 fully saturated rings. The lowest BCUT2D eigenvalue weighted by molar-refractivity contribution is 0.0779. The van der Waals surface area contributed by atoms with Crippen molar-refractivity contribution in [3.63, 3.8) is 0 Å². The van der Waals surface area contributed by atoms with E-state index in [2.05, 4.69) is 0 Å². The molecule has 128 valence electrons. The highest BCUT2D eigenvalue weighted by Gasteiger charge is 2.37. The molecular weight excluding hydrogens is 331 g/mol. The SMILES string of the molecule is O=S(=O)(c1c(F)cc(F)cc1F)N1CCOCC(C2CCC2)C1. The van der Waals surface area contributed by atoms with E-state index in [1.165, 1.54) is 0 Å². The zero-order chi connectivity index (χ0) is 16.6. The Balaban J connectivity index is 1.91. The minimum absolute atomic E-state index is 0.0209. The third-order valence-corrected chi connectivity index (χ3v) is 6.55. The number of sulfonamides is 1. The highest BCUT2D eigenvalue weighted by molar-refractivity contribution is 7.89. The first kappa shape index (κ1) is 16.7. The molecule has 23 heavy (non-hydrogen) atoms. The first-order valence-electron chi connectivity index (χ1n) is 7.62. The molecule has 1 aliphatic carbocycles. The predicted molar refractivity (Wildman–Crippen MR) is 76.7 cm³/mol. The van der Waals surface area contributed by atoms with Crippen molar-refractivity contribution < 1.29 is 26.3 Å². The van der Waals surface area contributed by atoms with Crippen LogP contribution >= 0.6 is 0 Å². The van der Waals surface area contributed by atoms with E-state index in [4.69, 9.17) is 4.74 Å². The Morgan fingerprint density at radius 1 is 1.09 bits per heavy atom. The number of benzene rings is 1. The van der Waals surface area contributed by atoms with Gasteiger partial charge < -0.3 is 4.74 Å². The highest BCUT2D eigenvalue weighted by atomic mass is 32.2. The van der Waals surface area contributed by atoms with E-state index < -0.39 is 32.4 Å². The van der Waals surface area contributed by atoms with Gasteiger partial charge in [0, 0.05) is 25.2 Å². The Morgan fingerprint density at radius 3 is 2.30 bits per heavy atom. The standard InChI is InChI=1S/C15H18F3NO3S/c16-12-6-13(17)15(14(18)7-12)23(20,21)19-4-5-22-9-11(8-19)10-2-1-3-10/h6-7,10-11H,1-5,8-9H2. The van der Waals surface area contributed by atoms with Gasteiger partial charge in [0.15, 0.2) is 4.90 Å². The lowest BCUT2D eigenvalue weighted by atomic mass is 9.76. The van der Waals surface area contributed by atoms with Crippen LogP contribution in [0.2, 0.25) is 0 Å². The molecular formula is C15H18F3NO3S. The van der Waals surface area contributed by atoms with Gasteiger partial charge >= 0.3 is 0 Å². The Labute approximate surface area is 133 Å². The monoisotopic (exact) mass is 349 g/mol. The Hall–Kier alpha value is -1.12. The summed E-state index contributed by atoms with van der Waals surface area (Å²) >= 11 is 0. The van der Waals surface area contributed by atoms with Crippen LogP contribution in [0.25, 0.3) is 0 Å². The highest BCUT2D eigenvalue weighted by Crippen LogP contribution is 2.36. The molecule has 0 spiro atoms. The van der Waals surface area contributed by atoms with Gasteiger partial charge in [-0.25, -0.2) is 21.6 Å². The average Bonchev–Trinajstić information content (AvgIpc) is 2.61. The molecule has 1 aliphatic heterocycles. The van der Waals surface area contributed by atoms with Crippen molar-refractivity contribution in [2.24, 2.45) is 11.8 Å². The molecule has 1 atom stereocenters. The summed E-state index contributed by atoms with van der Waals surface area (Å²) in [7, 11) is -4.38. The van der Waals surface area contributed by atoms with Gasteiger partial charge in [-0.3, -0.25) is 0 Å². The molecule has 1 saturated carbocycles. The molecule has 4 nitrogen and oxygen atoms in total. The summed E-state index contributed by atoms with van der Waals surface area (Å²) in [4.78, 5) is -1.09. The summed E-state index contributed by atoms with van der Waals surface area (Å²) in [6.07, 6.45) is 3.14. The zero-order valence-corrected chi connectivity index (χ0v) is 13.3. The Morgan fingerprint density at radius 2 is 1.74 bits per heavy atom. The number of rotatable bonds is 3. The van der Waals surface area contributed by atoms with Crippen molar-refractivity contribution in [1.82, 2.24) is 4.31 Å². The van der Waals surface area contributed by atoms with Crippen LogP contribution in [0.3, 0.4) is 0 Å². The lowest BCUT2D eigenvalue weighted by Crippen LogP contribution is -2.39. The fraction of sp³-hybridized carbons (Fsp3) is 0.600. The molecule has 0 amide bonds. The smallest absolute Gasteiger partial charge is 0.249 e. The van der Waals surface area contributed by atoms with Gasteiger partial charge in [-0.05, 0) is 11.8 Å². The fourth-order valence-electron chi connectivity index (χ4n) is 3.13. The molecule has 3 rings (SSSR count). The molecule has 0 bridgehead atoms. The number of hydrogen-bond donors (Lipinski definition) is 0. The third kappa shape index (κ3) is 3.25. The second-order valence-corrected chi connectivity index (χ2v) is 7.96. The summed E-state index contributed by atoms with van der Waals surface area (Å²) in [6, 6.07) is 0.765. The summed E-state index contributed by atoms with van der Waals surface area (Å²) in [5.74, 6) is -3.56. The first-order valence-corrected chi connectivity index (χ1v) is 9.06. The van der Waals surface area contributed by atoms with Gasteiger partial charge in [0.05, 0.1) is 13.2 Å². The summed E-state index contributed by atoms with van der Waals surface area (Å²) in [5.41, 5.74) is 0. The van der Waals surface area contributed by atoms with Gasteiger partial charge in [0.25, 0.3) is 0 Å². The molecule has 2 aliphatic rings. The van der Waals surface area contributed by atoms with Crippen molar-refractivity contribution in [3.8, 4) is 0 Å². The van der Waals surface area contributed by atoms with Gasteiger partial charge in [-0.1, -0.05) is 19.3 Å². The summed E-state index contributed by atoms with van der Waals surface area (Å²) in [5, 5.41) is 0. The van der Waals surface area contributed by atoms with Gasteiger partial charge in [-0.15, -0.1) is 0 Å². The van der Waals surface area contributed by atoms with Crippen molar-refractivity contribution in [3.05, 3.63) is 29.6 Å². The second kappa shape index (κ2) is 6.41. The van der Waals surface area contributed by atoms with Gasteiger partial charge in [-0.2, -0.15) is 4.31 Å². The van der Waals surface area contributed by atoms with Crippen LogP contribution in [0.15, 0.2) is 17.0 Å². The number of halogens is 3. The predicted octanol–water partition coefficient (Wildman–Crippen LogP) is 2.54. The van der Waals surface area contributed by atoms with E-state index in [1.807, 2.05) is 0 Å². The molecule has 0 radical (unpaired) electrons. The van der Waals surface area contributed by atoms with E-state index in [0.717, 1.165) is 23.6 Å². The second-order valence-electron chi connectivity index (χ2n) is 6.09. The summed E-state index contributed by atoms with van der Waals surface area (Å²) in [6.45, 7) is 0.822. The maximum absolute atomic E-state index is 13.9. The van der Waals surface area contributed by atoms with Gasteiger partial charge in [0.2, 0.25) is 10.0 Å². The average molecular weight is 349 g/mol. The molecule has 1 aromatic rings. The van der Waals surface area contributed by atoms with E-state index in [9.17, 15) is 21.6 Å². The third-order valence-electron chi connectivity index (χ3n) is 4.63. The lowest BCUT2D eigenvalue weighted by Gasteiger charge is -2.34. The number of hydrogen-bond acceptors (Lipinski definition) is 3. The topological polar surface area (TPSA) is 46.6 Å². The minimum atomic E-state index is -4.38. The zero-order valence-electron chi connectivity index (χ0n) is 12.5. The quantitative estimate of drug-likeness (QED) is 0.843. The van der Waals surface area contributed by atoms with E-state index in [-0.39, 0.29) is 25.6 Å². The number of nitrogens with zero attached hydrogens (tertiary/aromatic N) is 1. The largest absolute Gasteiger partial charge is 0.380 e. The molecule has 1 unspecified atom stereocenters. The maximum atomic E-state index is 13.9. The van der Waals surface area contributed by atoms with E-state index >= 15 is 0 Å². The van der Waals surface area contributed by atoms with E-state index in [0.29, 0.717) is 24.7 Å². The molecule has 1 heterocycles. The van der Waals surface area contributed by atoms with Crippen molar-refractivity contribution in [1.29, 1.82) is 0 Å². The molecule has 1 aromatic carbocycles. The molecule has 0 aromatic heterocycles. The first-order chi connectivity index (χ1) is 10.9. The molecule has 0 N–H and O–H groups in total. The molecule has 1 saturated heterocycles. The van der Waals surface area contributed by atoms with Crippen LogP contribution in [-0.2, 0) is 14.8 Å². The number of ether oxygens (including phenoxy) is 1. The van der Waals surface area contributed by atoms with Crippen LogP contribution in [-0.4, -0.2) is 39.0 Å². The Kier molecular flexibility index (Phi) is 4.66. The normalized spacial score (nSPS) is 24.2. The maximum Gasteiger partial charge on any atom is 0.249 e.